The third-order valence-electron chi connectivity index (χ3n) is 3.06. The fourth-order valence-corrected chi connectivity index (χ4v) is 2.22. The highest BCUT2D eigenvalue weighted by atomic mass is 16.5. The van der Waals surface area contributed by atoms with Gasteiger partial charge < -0.3 is 4.74 Å². The lowest BCUT2D eigenvalue weighted by atomic mass is 9.93. The van der Waals surface area contributed by atoms with Crippen LogP contribution in [0.2, 0.25) is 0 Å². The molecule has 84 valence electrons. The average molecular weight is 217 g/mol. The minimum Gasteiger partial charge on any atom is -0.377 e. The Bertz CT molecular complexity index is 412. The molecule has 1 aliphatic heterocycles. The third kappa shape index (κ3) is 2.35. The standard InChI is InChI=1S/C12H15N3O/c1-9-4-2-3-5-12(9)10-6-11(16-8-10)7-14-15-13/h2-5,10-11H,6-8H2,1H3/t10-,11+/m0/s1. The molecule has 16 heavy (non-hydrogen) atoms. The zero-order valence-corrected chi connectivity index (χ0v) is 9.34. The second-order valence-electron chi connectivity index (χ2n) is 4.16. The normalized spacial score (nSPS) is 24.1. The van der Waals surface area contributed by atoms with E-state index < -0.39 is 0 Å². The Hall–Kier alpha value is -1.51. The van der Waals surface area contributed by atoms with Gasteiger partial charge in [0.2, 0.25) is 0 Å². The van der Waals surface area contributed by atoms with Crippen LogP contribution in [0.15, 0.2) is 29.4 Å². The molecule has 1 aliphatic rings. The number of rotatable bonds is 3. The maximum atomic E-state index is 8.26. The van der Waals surface area contributed by atoms with Crippen LogP contribution in [0.1, 0.15) is 23.5 Å². The quantitative estimate of drug-likeness (QED) is 0.435. The van der Waals surface area contributed by atoms with Crippen LogP contribution in [0.3, 0.4) is 0 Å². The van der Waals surface area contributed by atoms with Gasteiger partial charge in [-0.2, -0.15) is 0 Å². The zero-order valence-electron chi connectivity index (χ0n) is 9.34. The minimum atomic E-state index is 0.0838. The molecule has 0 amide bonds. The number of benzene rings is 1. The second-order valence-corrected chi connectivity index (χ2v) is 4.16. The Morgan fingerprint density at radius 1 is 1.50 bits per heavy atom. The topological polar surface area (TPSA) is 58.0 Å². The predicted octanol–water partition coefficient (Wildman–Crippen LogP) is 3.18. The van der Waals surface area contributed by atoms with Crippen molar-refractivity contribution >= 4 is 0 Å². The highest BCUT2D eigenvalue weighted by molar-refractivity contribution is 5.29. The van der Waals surface area contributed by atoms with Crippen LogP contribution in [-0.4, -0.2) is 19.3 Å². The lowest BCUT2D eigenvalue weighted by Gasteiger charge is -2.11. The fraction of sp³-hybridized carbons (Fsp3) is 0.500. The number of aryl methyl sites for hydroxylation is 1. The van der Waals surface area contributed by atoms with E-state index in [1.807, 2.05) is 6.07 Å². The number of hydrogen-bond donors (Lipinski definition) is 0. The molecule has 0 radical (unpaired) electrons. The van der Waals surface area contributed by atoms with Crippen LogP contribution in [-0.2, 0) is 4.74 Å². The van der Waals surface area contributed by atoms with E-state index in [4.69, 9.17) is 10.3 Å². The van der Waals surface area contributed by atoms with E-state index in [-0.39, 0.29) is 6.10 Å². The minimum absolute atomic E-state index is 0.0838. The van der Waals surface area contributed by atoms with Gasteiger partial charge in [-0.05, 0) is 30.0 Å². The number of ether oxygens (including phenoxy) is 1. The van der Waals surface area contributed by atoms with Crippen LogP contribution >= 0.6 is 0 Å². The highest BCUT2D eigenvalue weighted by Crippen LogP contribution is 2.31. The van der Waals surface area contributed by atoms with Gasteiger partial charge in [-0.3, -0.25) is 0 Å². The van der Waals surface area contributed by atoms with E-state index in [1.54, 1.807) is 0 Å². The fourth-order valence-electron chi connectivity index (χ4n) is 2.22. The Morgan fingerprint density at radius 3 is 3.06 bits per heavy atom. The number of hydrogen-bond acceptors (Lipinski definition) is 2. The predicted molar refractivity (Wildman–Crippen MR) is 62.3 cm³/mol. The van der Waals surface area contributed by atoms with Crippen molar-refractivity contribution in [3.63, 3.8) is 0 Å². The largest absolute Gasteiger partial charge is 0.377 e. The molecule has 2 rings (SSSR count). The molecule has 0 N–H and O–H groups in total. The van der Waals surface area contributed by atoms with Crippen LogP contribution in [0, 0.1) is 6.92 Å². The summed E-state index contributed by atoms with van der Waals surface area (Å²) in [4.78, 5) is 2.76. The maximum absolute atomic E-state index is 8.26. The van der Waals surface area contributed by atoms with Crippen molar-refractivity contribution in [2.45, 2.75) is 25.4 Å². The molecular formula is C12H15N3O. The highest BCUT2D eigenvalue weighted by Gasteiger charge is 2.26. The van der Waals surface area contributed by atoms with Gasteiger partial charge in [0.15, 0.2) is 0 Å². The van der Waals surface area contributed by atoms with E-state index in [1.165, 1.54) is 11.1 Å². The van der Waals surface area contributed by atoms with Crippen molar-refractivity contribution in [1.82, 2.24) is 0 Å². The first-order valence-corrected chi connectivity index (χ1v) is 5.49. The molecule has 1 aromatic carbocycles. The van der Waals surface area contributed by atoms with Crippen molar-refractivity contribution in [2.75, 3.05) is 13.2 Å². The summed E-state index contributed by atoms with van der Waals surface area (Å²) < 4.78 is 5.61. The summed E-state index contributed by atoms with van der Waals surface area (Å²) in [5.74, 6) is 0.445. The summed E-state index contributed by atoms with van der Waals surface area (Å²) >= 11 is 0. The Balaban J connectivity index is 2.03. The summed E-state index contributed by atoms with van der Waals surface area (Å²) in [6.45, 7) is 3.30. The first kappa shape index (κ1) is 11.0. The Kier molecular flexibility index (Phi) is 3.44. The lowest BCUT2D eigenvalue weighted by Crippen LogP contribution is -2.08. The summed E-state index contributed by atoms with van der Waals surface area (Å²) in [6.07, 6.45) is 1.03. The smallest absolute Gasteiger partial charge is 0.0638 e. The van der Waals surface area contributed by atoms with Gasteiger partial charge in [0.1, 0.15) is 0 Å². The first-order valence-electron chi connectivity index (χ1n) is 5.49. The molecule has 0 bridgehead atoms. The van der Waals surface area contributed by atoms with E-state index in [0.717, 1.165) is 13.0 Å². The van der Waals surface area contributed by atoms with Crippen molar-refractivity contribution in [1.29, 1.82) is 0 Å². The van der Waals surface area contributed by atoms with Crippen molar-refractivity contribution in [2.24, 2.45) is 5.11 Å². The molecule has 0 aliphatic carbocycles. The van der Waals surface area contributed by atoms with E-state index >= 15 is 0 Å². The average Bonchev–Trinajstić information content (AvgIpc) is 2.75. The van der Waals surface area contributed by atoms with E-state index in [0.29, 0.717) is 12.5 Å². The number of nitrogens with zero attached hydrogens (tertiary/aromatic N) is 3. The molecule has 4 nitrogen and oxygen atoms in total. The zero-order chi connectivity index (χ0) is 11.4. The molecule has 1 fully saturated rings. The van der Waals surface area contributed by atoms with Gasteiger partial charge in [-0.15, -0.1) is 0 Å². The van der Waals surface area contributed by atoms with Gasteiger partial charge in [-0.1, -0.05) is 29.4 Å². The monoisotopic (exact) mass is 217 g/mol. The molecule has 4 heteroatoms. The van der Waals surface area contributed by atoms with E-state index in [9.17, 15) is 0 Å². The molecular weight excluding hydrogens is 202 g/mol. The molecule has 1 aromatic rings. The molecule has 0 saturated carbocycles. The molecule has 1 saturated heterocycles. The van der Waals surface area contributed by atoms with Gasteiger partial charge >= 0.3 is 0 Å². The van der Waals surface area contributed by atoms with Crippen molar-refractivity contribution in [3.8, 4) is 0 Å². The second kappa shape index (κ2) is 5.01. The van der Waals surface area contributed by atoms with E-state index in [2.05, 4.69) is 35.1 Å². The van der Waals surface area contributed by atoms with Crippen molar-refractivity contribution < 1.29 is 4.74 Å². The van der Waals surface area contributed by atoms with Crippen LogP contribution in [0.4, 0.5) is 0 Å². The maximum Gasteiger partial charge on any atom is 0.0638 e. The molecule has 0 aromatic heterocycles. The number of azide groups is 1. The Morgan fingerprint density at radius 2 is 2.31 bits per heavy atom. The summed E-state index contributed by atoms with van der Waals surface area (Å²) in [5, 5.41) is 3.56. The van der Waals surface area contributed by atoms with Crippen LogP contribution in [0.25, 0.3) is 10.4 Å². The summed E-state index contributed by atoms with van der Waals surface area (Å²) in [7, 11) is 0. The molecule has 0 spiro atoms. The third-order valence-corrected chi connectivity index (χ3v) is 3.06. The summed E-state index contributed by atoms with van der Waals surface area (Å²) in [5.41, 5.74) is 10.9. The SMILES string of the molecule is Cc1ccccc1[C@@H]1CO[C@@H](CN=[N+]=[N-])C1. The first-order chi connectivity index (χ1) is 7.81. The van der Waals surface area contributed by atoms with Gasteiger partial charge in [0.05, 0.1) is 19.3 Å². The molecule has 0 unspecified atom stereocenters. The Labute approximate surface area is 94.9 Å². The van der Waals surface area contributed by atoms with Gasteiger partial charge in [0, 0.05) is 10.8 Å². The van der Waals surface area contributed by atoms with Gasteiger partial charge in [-0.25, -0.2) is 0 Å². The van der Waals surface area contributed by atoms with Gasteiger partial charge in [0.25, 0.3) is 0 Å². The van der Waals surface area contributed by atoms with Crippen molar-refractivity contribution in [3.05, 3.63) is 45.8 Å². The van der Waals surface area contributed by atoms with Crippen LogP contribution < -0.4 is 0 Å². The lowest BCUT2D eigenvalue weighted by molar-refractivity contribution is 0.116. The summed E-state index contributed by atoms with van der Waals surface area (Å²) in [6, 6.07) is 8.38. The molecule has 1 heterocycles. The molecule has 2 atom stereocenters. The van der Waals surface area contributed by atoms with Crippen LogP contribution in [0.5, 0.6) is 0 Å².